The van der Waals surface area contributed by atoms with Crippen LogP contribution in [0.5, 0.6) is 0 Å². The normalized spacial score (nSPS) is 15.6. The van der Waals surface area contributed by atoms with Crippen LogP contribution in [0.25, 0.3) is 0 Å². The van der Waals surface area contributed by atoms with Crippen LogP contribution in [-0.2, 0) is 19.1 Å². The molecule has 0 saturated heterocycles. The quantitative estimate of drug-likeness (QED) is 0.752. The van der Waals surface area contributed by atoms with Crippen LogP contribution in [0.1, 0.15) is 54.9 Å². The van der Waals surface area contributed by atoms with Gasteiger partial charge in [-0.3, -0.25) is 9.59 Å². The van der Waals surface area contributed by atoms with Crippen molar-refractivity contribution in [3.8, 4) is 0 Å². The number of carbonyl (C=O) groups excluding carboxylic acids is 2. The lowest BCUT2D eigenvalue weighted by Gasteiger charge is -2.52. The molecule has 19 heavy (non-hydrogen) atoms. The highest BCUT2D eigenvalue weighted by Gasteiger charge is 2.55. The van der Waals surface area contributed by atoms with E-state index in [-0.39, 0.29) is 5.91 Å². The zero-order chi connectivity index (χ0) is 15.5. The van der Waals surface area contributed by atoms with Crippen LogP contribution in [0.4, 0.5) is 0 Å². The first kappa shape index (κ1) is 17.9. The Morgan fingerprint density at radius 1 is 1.05 bits per heavy atom. The summed E-state index contributed by atoms with van der Waals surface area (Å²) >= 11 is 0. The second-order valence-electron chi connectivity index (χ2n) is 5.85. The molecule has 0 aromatic carbocycles. The average molecular weight is 273 g/mol. The number of esters is 1. The van der Waals surface area contributed by atoms with Crippen LogP contribution in [0.3, 0.4) is 0 Å². The van der Waals surface area contributed by atoms with Gasteiger partial charge in [-0.05, 0) is 34.6 Å². The first-order valence-corrected chi connectivity index (χ1v) is 6.49. The summed E-state index contributed by atoms with van der Waals surface area (Å²) < 4.78 is 10.9. The molecule has 0 saturated carbocycles. The van der Waals surface area contributed by atoms with Crippen LogP contribution in [0, 0.1) is 0 Å². The third-order valence-electron chi connectivity index (χ3n) is 4.03. The van der Waals surface area contributed by atoms with Gasteiger partial charge in [-0.2, -0.15) is 0 Å². The van der Waals surface area contributed by atoms with Crippen molar-refractivity contribution in [2.75, 3.05) is 7.11 Å². The molecule has 0 heterocycles. The van der Waals surface area contributed by atoms with Gasteiger partial charge in [0.05, 0.1) is 5.60 Å². The molecule has 0 fully saturated rings. The summed E-state index contributed by atoms with van der Waals surface area (Å²) in [6, 6.07) is 0. The van der Waals surface area contributed by atoms with Gasteiger partial charge in [0.1, 0.15) is 11.1 Å². The number of hydrogen-bond donors (Lipinski definition) is 1. The molecule has 1 amide bonds. The van der Waals surface area contributed by atoms with E-state index in [1.54, 1.807) is 27.9 Å². The number of methoxy groups -OCH3 is 1. The van der Waals surface area contributed by atoms with Crippen molar-refractivity contribution >= 4 is 11.9 Å². The number of nitrogens with one attached hydrogen (secondary N) is 1. The van der Waals surface area contributed by atoms with Gasteiger partial charge >= 0.3 is 5.97 Å². The number of hydrogen-bond acceptors (Lipinski definition) is 4. The summed E-state index contributed by atoms with van der Waals surface area (Å²) in [5, 5.41) is 2.94. The topological polar surface area (TPSA) is 64.6 Å². The van der Waals surface area contributed by atoms with Crippen molar-refractivity contribution in [1.29, 1.82) is 0 Å². The van der Waals surface area contributed by atoms with E-state index >= 15 is 0 Å². The lowest BCUT2D eigenvalue weighted by atomic mass is 9.71. The highest BCUT2D eigenvalue weighted by atomic mass is 16.6. The Labute approximate surface area is 116 Å². The number of carbonyl (C=O) groups is 2. The molecule has 0 radical (unpaired) electrons. The molecule has 0 spiro atoms. The van der Waals surface area contributed by atoms with Gasteiger partial charge in [-0.15, -0.1) is 0 Å². The molecule has 1 unspecified atom stereocenters. The molecule has 0 aromatic heterocycles. The number of rotatable bonds is 6. The van der Waals surface area contributed by atoms with Crippen molar-refractivity contribution < 1.29 is 19.1 Å². The second-order valence-corrected chi connectivity index (χ2v) is 5.85. The molecule has 0 aromatic rings. The van der Waals surface area contributed by atoms with E-state index in [1.807, 2.05) is 20.8 Å². The number of ether oxygens (including phenoxy) is 2. The molecule has 1 atom stereocenters. The van der Waals surface area contributed by atoms with E-state index in [0.29, 0.717) is 6.42 Å². The van der Waals surface area contributed by atoms with Crippen molar-refractivity contribution in [2.45, 2.75) is 71.6 Å². The van der Waals surface area contributed by atoms with Gasteiger partial charge in [-0.1, -0.05) is 6.92 Å². The monoisotopic (exact) mass is 273 g/mol. The molecule has 112 valence electrons. The predicted octanol–water partition coefficient (Wildman–Crippen LogP) is 2.04. The lowest BCUT2D eigenvalue weighted by Crippen LogP contribution is -2.71. The summed E-state index contributed by atoms with van der Waals surface area (Å²) in [7, 11) is 1.57. The minimum absolute atomic E-state index is 0.118. The van der Waals surface area contributed by atoms with E-state index in [2.05, 4.69) is 5.32 Å². The fourth-order valence-electron chi connectivity index (χ4n) is 2.06. The minimum Gasteiger partial charge on any atom is -0.457 e. The summed E-state index contributed by atoms with van der Waals surface area (Å²) in [5.41, 5.74) is -2.49. The summed E-state index contributed by atoms with van der Waals surface area (Å²) in [4.78, 5) is 23.1. The smallest absolute Gasteiger partial charge is 0.303 e. The zero-order valence-corrected chi connectivity index (χ0v) is 13.3. The summed E-state index contributed by atoms with van der Waals surface area (Å²) in [5.74, 6) is -0.512. The molecule has 0 aliphatic heterocycles. The Morgan fingerprint density at radius 2 is 1.53 bits per heavy atom. The molecule has 1 N–H and O–H groups in total. The van der Waals surface area contributed by atoms with Gasteiger partial charge in [0.2, 0.25) is 5.91 Å². The maximum atomic E-state index is 11.8. The van der Waals surface area contributed by atoms with E-state index in [4.69, 9.17) is 9.47 Å². The molecule has 0 aliphatic carbocycles. The SMILES string of the molecule is CCC(=O)NC(C)(C(C)(C)OC)C(C)(C)OC(C)=O. The van der Waals surface area contributed by atoms with Crippen molar-refractivity contribution in [3.05, 3.63) is 0 Å². The standard InChI is InChI=1S/C14H27NO4/c1-9-11(17)15-14(7,12(3,4)18-8)13(5,6)19-10(2)16/h9H2,1-8H3,(H,15,17). The van der Waals surface area contributed by atoms with E-state index < -0.39 is 22.7 Å². The first-order valence-electron chi connectivity index (χ1n) is 6.49. The minimum atomic E-state index is -0.914. The van der Waals surface area contributed by atoms with Crippen LogP contribution in [0.15, 0.2) is 0 Å². The van der Waals surface area contributed by atoms with Crippen LogP contribution in [-0.4, -0.2) is 35.7 Å². The Morgan fingerprint density at radius 3 is 1.84 bits per heavy atom. The predicted molar refractivity (Wildman–Crippen MR) is 73.8 cm³/mol. The van der Waals surface area contributed by atoms with Gasteiger partial charge in [0.25, 0.3) is 0 Å². The fourth-order valence-corrected chi connectivity index (χ4v) is 2.06. The molecule has 0 aliphatic rings. The maximum absolute atomic E-state index is 11.8. The van der Waals surface area contributed by atoms with E-state index in [9.17, 15) is 9.59 Å². The largest absolute Gasteiger partial charge is 0.457 e. The van der Waals surface area contributed by atoms with Crippen LogP contribution in [0.2, 0.25) is 0 Å². The van der Waals surface area contributed by atoms with E-state index in [1.165, 1.54) is 6.92 Å². The van der Waals surface area contributed by atoms with Crippen LogP contribution < -0.4 is 5.32 Å². The molecule has 0 bridgehead atoms. The van der Waals surface area contributed by atoms with Gasteiger partial charge in [0, 0.05) is 20.5 Å². The van der Waals surface area contributed by atoms with Gasteiger partial charge in [-0.25, -0.2) is 0 Å². The van der Waals surface area contributed by atoms with Crippen molar-refractivity contribution in [3.63, 3.8) is 0 Å². The summed E-state index contributed by atoms with van der Waals surface area (Å²) in [6.45, 7) is 12.2. The molecule has 5 heteroatoms. The van der Waals surface area contributed by atoms with Crippen LogP contribution >= 0.6 is 0 Å². The Bertz CT molecular complexity index is 349. The zero-order valence-electron chi connectivity index (χ0n) is 13.3. The molecular formula is C14H27NO4. The van der Waals surface area contributed by atoms with Gasteiger partial charge < -0.3 is 14.8 Å². The Kier molecular flexibility index (Phi) is 5.56. The first-order chi connectivity index (χ1) is 8.43. The molecule has 5 nitrogen and oxygen atoms in total. The van der Waals surface area contributed by atoms with Gasteiger partial charge in [0.15, 0.2) is 0 Å². The second kappa shape index (κ2) is 5.90. The highest BCUT2D eigenvalue weighted by Crippen LogP contribution is 2.37. The Hall–Kier alpha value is -1.10. The Balaban J connectivity index is 5.62. The number of amides is 1. The maximum Gasteiger partial charge on any atom is 0.303 e. The van der Waals surface area contributed by atoms with Crippen molar-refractivity contribution in [1.82, 2.24) is 5.32 Å². The highest BCUT2D eigenvalue weighted by molar-refractivity contribution is 5.77. The average Bonchev–Trinajstić information content (AvgIpc) is 2.26. The lowest BCUT2D eigenvalue weighted by molar-refractivity contribution is -0.183. The van der Waals surface area contributed by atoms with E-state index in [0.717, 1.165) is 0 Å². The third-order valence-corrected chi connectivity index (χ3v) is 4.03. The fraction of sp³-hybridized carbons (Fsp3) is 0.857. The molecule has 0 rings (SSSR count). The van der Waals surface area contributed by atoms with Crippen molar-refractivity contribution in [2.24, 2.45) is 0 Å². The third kappa shape index (κ3) is 3.69. The molecular weight excluding hydrogens is 246 g/mol. The summed E-state index contributed by atoms with van der Waals surface area (Å²) in [6.07, 6.45) is 0.353.